The van der Waals surface area contributed by atoms with Crippen molar-refractivity contribution in [3.63, 3.8) is 0 Å². The Balaban J connectivity index is 1.89. The average molecular weight is 344 g/mol. The summed E-state index contributed by atoms with van der Waals surface area (Å²) in [5, 5.41) is 9.50. The summed E-state index contributed by atoms with van der Waals surface area (Å²) in [5.74, 6) is -2.37. The van der Waals surface area contributed by atoms with Crippen LogP contribution in [0.25, 0.3) is 0 Å². The molecule has 25 heavy (non-hydrogen) atoms. The average Bonchev–Trinajstić information content (AvgIpc) is 2.99. The van der Waals surface area contributed by atoms with Crippen LogP contribution >= 0.6 is 0 Å². The number of rotatable bonds is 3. The molecule has 1 aromatic rings. The second-order valence-corrected chi connectivity index (χ2v) is 5.69. The number of nitrogens with zero attached hydrogens (tertiary/aromatic N) is 2. The van der Waals surface area contributed by atoms with Crippen LogP contribution in [0.2, 0.25) is 0 Å². The number of imide groups is 2. The van der Waals surface area contributed by atoms with Crippen LogP contribution in [-0.4, -0.2) is 41.6 Å². The van der Waals surface area contributed by atoms with Crippen LogP contribution in [0.15, 0.2) is 29.4 Å². The van der Waals surface area contributed by atoms with Gasteiger partial charge in [-0.1, -0.05) is 12.1 Å². The van der Waals surface area contributed by atoms with Gasteiger partial charge in [0.2, 0.25) is 17.7 Å². The first-order valence-corrected chi connectivity index (χ1v) is 7.57. The van der Waals surface area contributed by atoms with E-state index in [4.69, 9.17) is 4.74 Å². The minimum absolute atomic E-state index is 0.214. The van der Waals surface area contributed by atoms with Gasteiger partial charge < -0.3 is 4.74 Å². The van der Waals surface area contributed by atoms with E-state index >= 15 is 0 Å². The molecule has 1 unspecified atom stereocenters. The molecule has 2 N–H and O–H groups in total. The van der Waals surface area contributed by atoms with Gasteiger partial charge in [-0.3, -0.25) is 25.0 Å². The zero-order valence-corrected chi connectivity index (χ0v) is 13.6. The van der Waals surface area contributed by atoms with E-state index < -0.39 is 29.8 Å². The predicted molar refractivity (Wildman–Crippen MR) is 85.5 cm³/mol. The summed E-state index contributed by atoms with van der Waals surface area (Å²) in [7, 11) is 1.55. The number of hydrogen-bond acceptors (Lipinski definition) is 6. The highest BCUT2D eigenvalue weighted by Gasteiger charge is 2.43. The molecule has 0 aliphatic carbocycles. The molecule has 130 valence electrons. The Kier molecular flexibility index (Phi) is 4.22. The van der Waals surface area contributed by atoms with E-state index in [0.29, 0.717) is 5.75 Å². The van der Waals surface area contributed by atoms with E-state index in [9.17, 15) is 19.2 Å². The largest absolute Gasteiger partial charge is 0.497 e. The highest BCUT2D eigenvalue weighted by molar-refractivity contribution is 6.28. The van der Waals surface area contributed by atoms with Crippen molar-refractivity contribution >= 4 is 29.5 Å². The molecular weight excluding hydrogens is 328 g/mol. The fourth-order valence-corrected chi connectivity index (χ4v) is 2.91. The van der Waals surface area contributed by atoms with Crippen molar-refractivity contribution in [3.05, 3.63) is 29.8 Å². The molecule has 9 nitrogen and oxygen atoms in total. The van der Waals surface area contributed by atoms with Crippen LogP contribution in [0.3, 0.4) is 0 Å². The monoisotopic (exact) mass is 344 g/mol. The summed E-state index contributed by atoms with van der Waals surface area (Å²) >= 11 is 0. The first-order chi connectivity index (χ1) is 11.9. The number of urea groups is 1. The highest BCUT2D eigenvalue weighted by atomic mass is 16.5. The highest BCUT2D eigenvalue weighted by Crippen LogP contribution is 2.34. The first kappa shape index (κ1) is 16.6. The van der Waals surface area contributed by atoms with Gasteiger partial charge in [-0.05, 0) is 17.7 Å². The third-order valence-electron chi connectivity index (χ3n) is 4.09. The Morgan fingerprint density at radius 2 is 1.76 bits per heavy atom. The molecule has 2 aliphatic rings. The van der Waals surface area contributed by atoms with E-state index in [1.807, 2.05) is 10.6 Å². The third kappa shape index (κ3) is 3.08. The molecule has 2 heterocycles. The second kappa shape index (κ2) is 6.34. The van der Waals surface area contributed by atoms with Gasteiger partial charge in [0.05, 0.1) is 18.9 Å². The van der Waals surface area contributed by atoms with Crippen molar-refractivity contribution in [2.75, 3.05) is 7.11 Å². The lowest BCUT2D eigenvalue weighted by Gasteiger charge is -2.21. The number of carbonyl (C=O) groups is 4. The number of nitrogens with one attached hydrogen (secondary N) is 2. The third-order valence-corrected chi connectivity index (χ3v) is 4.09. The number of amides is 5. The minimum Gasteiger partial charge on any atom is -0.497 e. The van der Waals surface area contributed by atoms with Crippen molar-refractivity contribution < 1.29 is 23.9 Å². The smallest absolute Gasteiger partial charge is 0.328 e. The number of hydrogen-bond donors (Lipinski definition) is 2. The lowest BCUT2D eigenvalue weighted by Crippen LogP contribution is -2.57. The molecule has 0 aromatic heterocycles. The molecule has 9 heteroatoms. The Bertz CT molecular complexity index is 766. The maximum atomic E-state index is 12.0. The van der Waals surface area contributed by atoms with Crippen LogP contribution in [-0.2, 0) is 14.4 Å². The van der Waals surface area contributed by atoms with Crippen molar-refractivity contribution in [3.8, 4) is 5.75 Å². The zero-order valence-electron chi connectivity index (χ0n) is 13.6. The van der Waals surface area contributed by atoms with Crippen molar-refractivity contribution in [1.82, 2.24) is 15.6 Å². The van der Waals surface area contributed by atoms with E-state index in [2.05, 4.69) is 5.10 Å². The fraction of sp³-hybridized carbons (Fsp3) is 0.312. The predicted octanol–water partition coefficient (Wildman–Crippen LogP) is 0.327. The Labute approximate surface area is 143 Å². The summed E-state index contributed by atoms with van der Waals surface area (Å²) in [6.07, 6.45) is 0.214. The molecule has 0 bridgehead atoms. The van der Waals surface area contributed by atoms with Gasteiger partial charge >= 0.3 is 6.03 Å². The number of barbiturate groups is 1. The van der Waals surface area contributed by atoms with E-state index in [-0.39, 0.29) is 18.0 Å². The summed E-state index contributed by atoms with van der Waals surface area (Å²) in [6.45, 7) is 1.35. The lowest BCUT2D eigenvalue weighted by molar-refractivity contribution is -0.133. The zero-order chi connectivity index (χ0) is 18.1. The Morgan fingerprint density at radius 3 is 2.28 bits per heavy atom. The Hall–Kier alpha value is -3.23. The van der Waals surface area contributed by atoms with Gasteiger partial charge in [-0.2, -0.15) is 5.10 Å². The maximum absolute atomic E-state index is 12.0. The van der Waals surface area contributed by atoms with E-state index in [0.717, 1.165) is 5.56 Å². The molecule has 5 amide bonds. The van der Waals surface area contributed by atoms with Crippen LogP contribution in [0, 0.1) is 5.92 Å². The standard InChI is InChI=1S/C16H16N4O5/c1-8(21)20-12(9-3-5-10(25-2)6-4-9)7-11(19-20)13-14(22)17-16(24)18-15(13)23/h3-6,12-13H,7H2,1-2H3,(H2,17,18,22,23,24). The summed E-state index contributed by atoms with van der Waals surface area (Å²) in [4.78, 5) is 47.1. The molecule has 1 atom stereocenters. The molecule has 1 saturated heterocycles. The normalized spacial score (nSPS) is 20.9. The minimum atomic E-state index is -1.23. The van der Waals surface area contributed by atoms with Crippen LogP contribution in [0.4, 0.5) is 4.79 Å². The van der Waals surface area contributed by atoms with Crippen molar-refractivity contribution in [1.29, 1.82) is 0 Å². The summed E-state index contributed by atoms with van der Waals surface area (Å²) in [6, 6.07) is 5.80. The first-order valence-electron chi connectivity index (χ1n) is 7.57. The van der Waals surface area contributed by atoms with Gasteiger partial charge in [-0.25, -0.2) is 9.80 Å². The maximum Gasteiger partial charge on any atom is 0.328 e. The number of hydrazone groups is 1. The fourth-order valence-electron chi connectivity index (χ4n) is 2.91. The lowest BCUT2D eigenvalue weighted by atomic mass is 9.93. The molecule has 3 rings (SSSR count). The van der Waals surface area contributed by atoms with E-state index in [1.54, 1.807) is 31.4 Å². The van der Waals surface area contributed by atoms with Crippen molar-refractivity contribution in [2.24, 2.45) is 11.0 Å². The van der Waals surface area contributed by atoms with Crippen LogP contribution < -0.4 is 15.4 Å². The topological polar surface area (TPSA) is 117 Å². The van der Waals surface area contributed by atoms with E-state index in [1.165, 1.54) is 11.9 Å². The molecular formula is C16H16N4O5. The van der Waals surface area contributed by atoms with Crippen LogP contribution in [0.5, 0.6) is 5.75 Å². The quantitative estimate of drug-likeness (QED) is 0.766. The molecule has 0 saturated carbocycles. The van der Waals surface area contributed by atoms with Gasteiger partial charge in [-0.15, -0.1) is 0 Å². The van der Waals surface area contributed by atoms with Gasteiger partial charge in [0.1, 0.15) is 5.75 Å². The molecule has 1 fully saturated rings. The molecule has 0 radical (unpaired) electrons. The second-order valence-electron chi connectivity index (χ2n) is 5.69. The number of benzene rings is 1. The Morgan fingerprint density at radius 1 is 1.16 bits per heavy atom. The number of ether oxygens (including phenoxy) is 1. The summed E-state index contributed by atoms with van der Waals surface area (Å²) in [5.41, 5.74) is 1.03. The molecule has 0 spiro atoms. The summed E-state index contributed by atoms with van der Waals surface area (Å²) < 4.78 is 5.11. The van der Waals surface area contributed by atoms with Crippen molar-refractivity contribution in [2.45, 2.75) is 19.4 Å². The van der Waals surface area contributed by atoms with Gasteiger partial charge in [0.25, 0.3) is 0 Å². The molecule has 2 aliphatic heterocycles. The molecule has 1 aromatic carbocycles. The van der Waals surface area contributed by atoms with Crippen LogP contribution in [0.1, 0.15) is 24.9 Å². The SMILES string of the molecule is COc1ccc(C2CC(C3C(=O)NC(=O)NC3=O)=NN2C(C)=O)cc1. The van der Waals surface area contributed by atoms with Gasteiger partial charge in [0.15, 0.2) is 5.92 Å². The number of methoxy groups -OCH3 is 1. The van der Waals surface area contributed by atoms with Gasteiger partial charge in [0, 0.05) is 13.3 Å². The number of carbonyl (C=O) groups excluding carboxylic acids is 4.